The van der Waals surface area contributed by atoms with Crippen LogP contribution in [0.3, 0.4) is 0 Å². The first-order valence-electron chi connectivity index (χ1n) is 6.91. The van der Waals surface area contributed by atoms with Gasteiger partial charge in [-0.1, -0.05) is 12.1 Å². The predicted molar refractivity (Wildman–Crippen MR) is 80.1 cm³/mol. The van der Waals surface area contributed by atoms with Crippen LogP contribution in [0, 0.1) is 5.82 Å². The van der Waals surface area contributed by atoms with E-state index in [2.05, 4.69) is 15.6 Å². The number of carbonyl (C=O) groups excluding carboxylic acids is 1. The van der Waals surface area contributed by atoms with Crippen LogP contribution in [0.4, 0.5) is 4.39 Å². The van der Waals surface area contributed by atoms with E-state index < -0.39 is 0 Å². The monoisotopic (exact) mass is 305 g/mol. The standard InChI is InChI=1S/C15H16FN3OS/c16-11-3-1-10(2-4-11)7-14-19-13(9-21-14)15(20)18-12-5-6-17-8-12/h1-4,9,12,17H,5-8H2,(H,18,20). The Morgan fingerprint density at radius 2 is 2.24 bits per heavy atom. The van der Waals surface area contributed by atoms with Crippen molar-refractivity contribution >= 4 is 17.2 Å². The van der Waals surface area contributed by atoms with Crippen LogP contribution in [0.1, 0.15) is 27.5 Å². The van der Waals surface area contributed by atoms with Crippen molar-refractivity contribution < 1.29 is 9.18 Å². The average Bonchev–Trinajstić information content (AvgIpc) is 3.13. The number of thiazole rings is 1. The van der Waals surface area contributed by atoms with Gasteiger partial charge in [0.25, 0.3) is 5.91 Å². The SMILES string of the molecule is O=C(NC1CCNC1)c1csc(Cc2ccc(F)cc2)n1. The van der Waals surface area contributed by atoms with Gasteiger partial charge in [0.2, 0.25) is 0 Å². The molecular formula is C15H16FN3OS. The summed E-state index contributed by atoms with van der Waals surface area (Å²) in [5, 5.41) is 8.81. The van der Waals surface area contributed by atoms with Crippen molar-refractivity contribution in [2.75, 3.05) is 13.1 Å². The third-order valence-corrected chi connectivity index (χ3v) is 4.30. The fraction of sp³-hybridized carbons (Fsp3) is 0.333. The molecule has 1 unspecified atom stereocenters. The van der Waals surface area contributed by atoms with E-state index in [0.717, 1.165) is 30.1 Å². The lowest BCUT2D eigenvalue weighted by Crippen LogP contribution is -2.36. The van der Waals surface area contributed by atoms with Crippen LogP contribution in [0.15, 0.2) is 29.6 Å². The number of halogens is 1. The first kappa shape index (κ1) is 14.2. The zero-order chi connectivity index (χ0) is 14.7. The summed E-state index contributed by atoms with van der Waals surface area (Å²) in [6, 6.07) is 6.54. The molecule has 0 saturated carbocycles. The van der Waals surface area contributed by atoms with Gasteiger partial charge in [0.15, 0.2) is 0 Å². The molecule has 6 heteroatoms. The molecule has 1 saturated heterocycles. The fourth-order valence-electron chi connectivity index (χ4n) is 2.31. The van der Waals surface area contributed by atoms with Crippen LogP contribution in [-0.4, -0.2) is 30.0 Å². The van der Waals surface area contributed by atoms with Crippen molar-refractivity contribution in [3.05, 3.63) is 51.7 Å². The van der Waals surface area contributed by atoms with Crippen LogP contribution in [0.2, 0.25) is 0 Å². The summed E-state index contributed by atoms with van der Waals surface area (Å²) in [5.74, 6) is -0.367. The minimum Gasteiger partial charge on any atom is -0.347 e. The Labute approximate surface area is 126 Å². The molecule has 110 valence electrons. The molecule has 0 radical (unpaired) electrons. The van der Waals surface area contributed by atoms with Gasteiger partial charge in [-0.2, -0.15) is 0 Å². The van der Waals surface area contributed by atoms with E-state index in [-0.39, 0.29) is 17.8 Å². The largest absolute Gasteiger partial charge is 0.347 e. The third-order valence-electron chi connectivity index (χ3n) is 3.45. The molecule has 1 amide bonds. The second-order valence-electron chi connectivity index (χ2n) is 5.09. The van der Waals surface area contributed by atoms with E-state index in [9.17, 15) is 9.18 Å². The maximum Gasteiger partial charge on any atom is 0.271 e. The lowest BCUT2D eigenvalue weighted by molar-refractivity contribution is 0.0935. The van der Waals surface area contributed by atoms with E-state index in [1.807, 2.05) is 0 Å². The smallest absolute Gasteiger partial charge is 0.271 e. The summed E-state index contributed by atoms with van der Waals surface area (Å²) in [6.07, 6.45) is 1.57. The van der Waals surface area contributed by atoms with Crippen molar-refractivity contribution in [1.82, 2.24) is 15.6 Å². The summed E-state index contributed by atoms with van der Waals surface area (Å²) < 4.78 is 12.9. The molecule has 1 atom stereocenters. The number of hydrogen-bond donors (Lipinski definition) is 2. The molecule has 3 rings (SSSR count). The second-order valence-corrected chi connectivity index (χ2v) is 6.04. The Kier molecular flexibility index (Phi) is 4.26. The van der Waals surface area contributed by atoms with Crippen molar-refractivity contribution in [2.45, 2.75) is 18.9 Å². The topological polar surface area (TPSA) is 54.0 Å². The predicted octanol–water partition coefficient (Wildman–Crippen LogP) is 1.96. The van der Waals surface area contributed by atoms with Crippen molar-refractivity contribution in [2.24, 2.45) is 0 Å². The van der Waals surface area contributed by atoms with Crippen LogP contribution in [-0.2, 0) is 6.42 Å². The molecule has 2 N–H and O–H groups in total. The molecule has 0 spiro atoms. The molecule has 1 aromatic heterocycles. The number of amides is 1. The minimum absolute atomic E-state index is 0.120. The quantitative estimate of drug-likeness (QED) is 0.908. The van der Waals surface area contributed by atoms with E-state index in [0.29, 0.717) is 12.1 Å². The molecule has 1 aliphatic rings. The molecule has 1 fully saturated rings. The average molecular weight is 305 g/mol. The Hall–Kier alpha value is -1.79. The normalized spacial score (nSPS) is 17.9. The first-order chi connectivity index (χ1) is 10.2. The molecule has 4 nitrogen and oxygen atoms in total. The highest BCUT2D eigenvalue weighted by Crippen LogP contribution is 2.15. The third kappa shape index (κ3) is 3.65. The Balaban J connectivity index is 1.62. The van der Waals surface area contributed by atoms with Gasteiger partial charge in [-0.15, -0.1) is 11.3 Å². The Morgan fingerprint density at radius 3 is 2.95 bits per heavy atom. The molecule has 2 heterocycles. The molecule has 0 aliphatic carbocycles. The van der Waals surface area contributed by atoms with Gasteiger partial charge < -0.3 is 10.6 Å². The summed E-state index contributed by atoms with van der Waals surface area (Å²) in [6.45, 7) is 1.76. The van der Waals surface area contributed by atoms with Gasteiger partial charge in [-0.25, -0.2) is 9.37 Å². The number of nitrogens with one attached hydrogen (secondary N) is 2. The van der Waals surface area contributed by atoms with Gasteiger partial charge >= 0.3 is 0 Å². The zero-order valence-corrected chi connectivity index (χ0v) is 12.3. The maximum atomic E-state index is 12.9. The highest BCUT2D eigenvalue weighted by atomic mass is 32.1. The highest BCUT2D eigenvalue weighted by molar-refractivity contribution is 7.09. The van der Waals surface area contributed by atoms with Crippen LogP contribution in [0.25, 0.3) is 0 Å². The summed E-state index contributed by atoms with van der Waals surface area (Å²) >= 11 is 1.45. The number of hydrogen-bond acceptors (Lipinski definition) is 4. The van der Waals surface area contributed by atoms with Crippen molar-refractivity contribution in [3.8, 4) is 0 Å². The van der Waals surface area contributed by atoms with E-state index in [1.165, 1.54) is 23.5 Å². The molecule has 21 heavy (non-hydrogen) atoms. The number of rotatable bonds is 4. The van der Waals surface area contributed by atoms with Crippen LogP contribution < -0.4 is 10.6 Å². The number of benzene rings is 1. The summed E-state index contributed by atoms with van der Waals surface area (Å²) in [7, 11) is 0. The highest BCUT2D eigenvalue weighted by Gasteiger charge is 2.19. The van der Waals surface area contributed by atoms with Crippen LogP contribution in [0.5, 0.6) is 0 Å². The van der Waals surface area contributed by atoms with E-state index >= 15 is 0 Å². The van der Waals surface area contributed by atoms with Gasteiger partial charge in [0.1, 0.15) is 11.5 Å². The maximum absolute atomic E-state index is 12.9. The van der Waals surface area contributed by atoms with Crippen molar-refractivity contribution in [1.29, 1.82) is 0 Å². The van der Waals surface area contributed by atoms with Gasteiger partial charge in [-0.3, -0.25) is 4.79 Å². The van der Waals surface area contributed by atoms with Crippen molar-refractivity contribution in [3.63, 3.8) is 0 Å². The second kappa shape index (κ2) is 6.32. The van der Waals surface area contributed by atoms with Gasteiger partial charge in [0, 0.05) is 24.4 Å². The molecule has 0 bridgehead atoms. The fourth-order valence-corrected chi connectivity index (χ4v) is 3.12. The van der Waals surface area contributed by atoms with Gasteiger partial charge in [-0.05, 0) is 30.7 Å². The first-order valence-corrected chi connectivity index (χ1v) is 7.79. The lowest BCUT2D eigenvalue weighted by atomic mass is 10.1. The van der Waals surface area contributed by atoms with Crippen LogP contribution >= 0.6 is 11.3 Å². The lowest BCUT2D eigenvalue weighted by Gasteiger charge is -2.09. The summed E-state index contributed by atoms with van der Waals surface area (Å²) in [5.41, 5.74) is 1.45. The molecule has 1 aromatic carbocycles. The van der Waals surface area contributed by atoms with E-state index in [4.69, 9.17) is 0 Å². The molecule has 2 aromatic rings. The minimum atomic E-state index is -0.247. The number of carbonyl (C=O) groups is 1. The van der Waals surface area contributed by atoms with Gasteiger partial charge in [0.05, 0.1) is 5.01 Å². The zero-order valence-electron chi connectivity index (χ0n) is 11.4. The molecule has 1 aliphatic heterocycles. The number of aromatic nitrogens is 1. The Bertz CT molecular complexity index is 620. The van der Waals surface area contributed by atoms with E-state index in [1.54, 1.807) is 17.5 Å². The summed E-state index contributed by atoms with van der Waals surface area (Å²) in [4.78, 5) is 16.4. The Morgan fingerprint density at radius 1 is 1.43 bits per heavy atom. The molecular weight excluding hydrogens is 289 g/mol. The number of nitrogens with zero attached hydrogens (tertiary/aromatic N) is 1.